The minimum Gasteiger partial charge on any atom is -0.345 e. The van der Waals surface area contributed by atoms with E-state index < -0.39 is 10.8 Å². The number of nitro groups is 1. The highest BCUT2D eigenvalue weighted by Crippen LogP contribution is 2.27. The Morgan fingerprint density at radius 2 is 1.92 bits per heavy atom. The van der Waals surface area contributed by atoms with Crippen LogP contribution in [0.1, 0.15) is 28.9 Å². The number of nitrogens with one attached hydrogen (secondary N) is 1. The van der Waals surface area contributed by atoms with Crippen molar-refractivity contribution in [3.05, 3.63) is 67.7 Å². The van der Waals surface area contributed by atoms with Gasteiger partial charge in [-0.3, -0.25) is 14.9 Å². The summed E-state index contributed by atoms with van der Waals surface area (Å²) in [6, 6.07) is 9.11. The largest absolute Gasteiger partial charge is 0.345 e. The number of nitrogens with zero attached hydrogens (tertiary/aromatic N) is 1. The van der Waals surface area contributed by atoms with E-state index in [1.165, 1.54) is 23.9 Å². The van der Waals surface area contributed by atoms with E-state index in [-0.39, 0.29) is 17.3 Å². The van der Waals surface area contributed by atoms with Gasteiger partial charge in [-0.25, -0.2) is 0 Å². The smallest absolute Gasteiger partial charge is 0.282 e. The van der Waals surface area contributed by atoms with Gasteiger partial charge in [-0.05, 0) is 43.0 Å². The van der Waals surface area contributed by atoms with Gasteiger partial charge < -0.3 is 5.32 Å². The summed E-state index contributed by atoms with van der Waals surface area (Å²) in [7, 11) is 0. The van der Waals surface area contributed by atoms with Crippen LogP contribution in [0.25, 0.3) is 0 Å². The summed E-state index contributed by atoms with van der Waals surface area (Å²) in [5.41, 5.74) is 0.548. The fourth-order valence-corrected chi connectivity index (χ4v) is 2.87. The number of rotatable bonds is 5. The summed E-state index contributed by atoms with van der Waals surface area (Å²) in [6.45, 7) is 1.77. The Morgan fingerprint density at radius 3 is 2.50 bits per heavy atom. The van der Waals surface area contributed by atoms with Gasteiger partial charge >= 0.3 is 0 Å². The average Bonchev–Trinajstić information content (AvgIpc) is 2.56. The van der Waals surface area contributed by atoms with Crippen molar-refractivity contribution in [2.24, 2.45) is 0 Å². The second-order valence-electron chi connectivity index (χ2n) is 5.01. The van der Waals surface area contributed by atoms with Gasteiger partial charge in [0.25, 0.3) is 11.6 Å². The summed E-state index contributed by atoms with van der Waals surface area (Å²) in [5.74, 6) is -0.517. The maximum Gasteiger partial charge on any atom is 0.282 e. The Hall–Kier alpha value is -1.76. The van der Waals surface area contributed by atoms with Gasteiger partial charge in [0.15, 0.2) is 0 Å². The Balaban J connectivity index is 2.28. The first-order valence-electron chi connectivity index (χ1n) is 6.91. The molecule has 0 aliphatic heterocycles. The average molecular weight is 385 g/mol. The van der Waals surface area contributed by atoms with Crippen molar-refractivity contribution in [1.82, 2.24) is 5.32 Å². The molecule has 1 amide bonds. The highest BCUT2D eigenvalue weighted by Gasteiger charge is 2.22. The fourth-order valence-electron chi connectivity index (χ4n) is 2.12. The zero-order valence-electron chi connectivity index (χ0n) is 12.9. The van der Waals surface area contributed by atoms with Gasteiger partial charge in [-0.2, -0.15) is 0 Å². The van der Waals surface area contributed by atoms with Gasteiger partial charge in [0, 0.05) is 11.0 Å². The Morgan fingerprint density at radius 1 is 1.21 bits per heavy atom. The number of thioether (sulfide) groups is 1. The molecule has 0 bridgehead atoms. The molecule has 126 valence electrons. The molecule has 5 nitrogen and oxygen atoms in total. The van der Waals surface area contributed by atoms with Gasteiger partial charge in [-0.1, -0.05) is 29.3 Å². The first-order valence-corrected chi connectivity index (χ1v) is 8.89. The summed E-state index contributed by atoms with van der Waals surface area (Å²) < 4.78 is 0. The van der Waals surface area contributed by atoms with Gasteiger partial charge in [-0.15, -0.1) is 11.8 Å². The lowest BCUT2D eigenvalue weighted by Gasteiger charge is -2.15. The lowest BCUT2D eigenvalue weighted by molar-refractivity contribution is -0.385. The normalized spacial score (nSPS) is 11.8. The topological polar surface area (TPSA) is 72.2 Å². The molecular weight excluding hydrogens is 371 g/mol. The van der Waals surface area contributed by atoms with Crippen LogP contribution >= 0.6 is 35.0 Å². The number of carbonyl (C=O) groups excluding carboxylic acids is 1. The van der Waals surface area contributed by atoms with Crippen molar-refractivity contribution in [3.63, 3.8) is 0 Å². The lowest BCUT2D eigenvalue weighted by Crippen LogP contribution is -2.27. The van der Waals surface area contributed by atoms with Crippen molar-refractivity contribution < 1.29 is 9.72 Å². The second-order valence-corrected chi connectivity index (χ2v) is 6.70. The first kappa shape index (κ1) is 18.6. The molecule has 0 fully saturated rings. The predicted molar refractivity (Wildman–Crippen MR) is 97.2 cm³/mol. The number of benzene rings is 2. The number of nitro benzene ring substituents is 1. The third-order valence-corrected chi connectivity index (χ3v) is 4.90. The maximum atomic E-state index is 12.5. The number of hydrogen-bond acceptors (Lipinski definition) is 4. The Labute approximate surface area is 153 Å². The van der Waals surface area contributed by atoms with Crippen LogP contribution in [0.15, 0.2) is 41.3 Å². The van der Waals surface area contributed by atoms with Crippen molar-refractivity contribution in [3.8, 4) is 0 Å². The van der Waals surface area contributed by atoms with E-state index in [9.17, 15) is 14.9 Å². The highest BCUT2D eigenvalue weighted by molar-refractivity contribution is 7.98. The summed E-state index contributed by atoms with van der Waals surface area (Å²) in [6.07, 6.45) is 1.83. The van der Waals surface area contributed by atoms with Crippen molar-refractivity contribution in [2.45, 2.75) is 17.9 Å². The van der Waals surface area contributed by atoms with Crippen LogP contribution in [0.4, 0.5) is 5.69 Å². The Kier molecular flexibility index (Phi) is 6.10. The molecule has 24 heavy (non-hydrogen) atoms. The molecule has 8 heteroatoms. The molecule has 2 rings (SSSR count). The molecule has 0 aliphatic rings. The van der Waals surface area contributed by atoms with Gasteiger partial charge in [0.05, 0.1) is 21.0 Å². The molecule has 0 spiro atoms. The molecule has 0 aromatic heterocycles. The third-order valence-electron chi connectivity index (χ3n) is 3.44. The number of amides is 1. The van der Waals surface area contributed by atoms with E-state index in [4.69, 9.17) is 23.2 Å². The second kappa shape index (κ2) is 7.88. The summed E-state index contributed by atoms with van der Waals surface area (Å²) in [5, 5.41) is 14.7. The Bertz CT molecular complexity index is 799. The zero-order chi connectivity index (χ0) is 17.9. The van der Waals surface area contributed by atoms with Gasteiger partial charge in [0.2, 0.25) is 0 Å². The monoisotopic (exact) mass is 384 g/mol. The molecule has 0 saturated heterocycles. The SMILES string of the molecule is CSc1ccc([N+](=O)[O-])c(C(=O)NC(C)c2ccc(Cl)c(Cl)c2)c1. The van der Waals surface area contributed by atoms with Crippen molar-refractivity contribution >= 4 is 46.6 Å². The molecule has 0 radical (unpaired) electrons. The lowest BCUT2D eigenvalue weighted by atomic mass is 10.1. The van der Waals surface area contributed by atoms with E-state index in [1.54, 1.807) is 31.2 Å². The number of halogens is 2. The minimum atomic E-state index is -0.567. The molecule has 1 unspecified atom stereocenters. The van der Waals surface area contributed by atoms with E-state index in [2.05, 4.69) is 5.32 Å². The molecule has 1 atom stereocenters. The van der Waals surface area contributed by atoms with E-state index in [0.29, 0.717) is 10.0 Å². The molecule has 0 aliphatic carbocycles. The molecular formula is C16H14Cl2N2O3S. The van der Waals surface area contributed by atoms with E-state index in [0.717, 1.165) is 10.5 Å². The molecule has 2 aromatic carbocycles. The maximum absolute atomic E-state index is 12.5. The van der Waals surface area contributed by atoms with Crippen LogP contribution in [0.2, 0.25) is 10.0 Å². The van der Waals surface area contributed by atoms with Crippen molar-refractivity contribution in [2.75, 3.05) is 6.26 Å². The molecule has 1 N–H and O–H groups in total. The standard InChI is InChI=1S/C16H14Cl2N2O3S/c1-9(10-3-5-13(17)14(18)7-10)19-16(21)12-8-11(24-2)4-6-15(12)20(22)23/h3-9H,1-2H3,(H,19,21). The predicted octanol–water partition coefficient (Wildman–Crippen LogP) is 5.11. The van der Waals surface area contributed by atoms with Gasteiger partial charge in [0.1, 0.15) is 5.56 Å². The van der Waals surface area contributed by atoms with Crippen LogP contribution in [0.3, 0.4) is 0 Å². The fraction of sp³-hybridized carbons (Fsp3) is 0.188. The van der Waals surface area contributed by atoms with Crippen LogP contribution in [-0.4, -0.2) is 17.1 Å². The van der Waals surface area contributed by atoms with Crippen LogP contribution in [0.5, 0.6) is 0 Å². The van der Waals surface area contributed by atoms with E-state index in [1.807, 2.05) is 6.26 Å². The summed E-state index contributed by atoms with van der Waals surface area (Å²) in [4.78, 5) is 23.8. The highest BCUT2D eigenvalue weighted by atomic mass is 35.5. The number of hydrogen-bond donors (Lipinski definition) is 1. The van der Waals surface area contributed by atoms with Crippen LogP contribution < -0.4 is 5.32 Å². The number of carbonyl (C=O) groups is 1. The quantitative estimate of drug-likeness (QED) is 0.441. The third kappa shape index (κ3) is 4.20. The molecule has 2 aromatic rings. The van der Waals surface area contributed by atoms with Crippen molar-refractivity contribution in [1.29, 1.82) is 0 Å². The summed E-state index contributed by atoms with van der Waals surface area (Å²) >= 11 is 13.3. The van der Waals surface area contributed by atoms with E-state index >= 15 is 0 Å². The first-order chi connectivity index (χ1) is 11.3. The molecule has 0 saturated carbocycles. The zero-order valence-corrected chi connectivity index (χ0v) is 15.2. The van der Waals surface area contributed by atoms with Crippen LogP contribution in [0, 0.1) is 10.1 Å². The molecule has 0 heterocycles. The van der Waals surface area contributed by atoms with Crippen LogP contribution in [-0.2, 0) is 0 Å². The minimum absolute atomic E-state index is 0.0266.